The zero-order valence-electron chi connectivity index (χ0n) is 20.9. The standard InChI is InChI=1S/C30H28N6O2/c31-17-22(15-19-8-9-19)30(37)36-14-4-5-21(18-36)25-16-26-27(29(32)35-34-26)28(33-25)20-10-12-24(13-11-20)38-23-6-2-1-3-7-23/h1-3,6-7,10-13,15-16,19,21H,4-5,8-9,14,18H2,(H3,32,34,35)/b22-15+. The number of aromatic nitrogens is 3. The van der Waals surface area contributed by atoms with Crippen LogP contribution in [0.1, 0.15) is 37.3 Å². The first kappa shape index (κ1) is 23.7. The molecule has 8 nitrogen and oxygen atoms in total. The molecular formula is C30H28N6O2. The summed E-state index contributed by atoms with van der Waals surface area (Å²) in [5, 5.41) is 17.6. The molecule has 1 aliphatic carbocycles. The van der Waals surface area contributed by atoms with Gasteiger partial charge in [-0.15, -0.1) is 0 Å². The summed E-state index contributed by atoms with van der Waals surface area (Å²) in [6.45, 7) is 1.17. The zero-order valence-corrected chi connectivity index (χ0v) is 20.9. The van der Waals surface area contributed by atoms with Gasteiger partial charge in [-0.1, -0.05) is 24.3 Å². The smallest absolute Gasteiger partial charge is 0.264 e. The van der Waals surface area contributed by atoms with Crippen molar-refractivity contribution >= 4 is 22.6 Å². The van der Waals surface area contributed by atoms with Crippen molar-refractivity contribution in [2.75, 3.05) is 18.8 Å². The number of piperidine rings is 1. The molecule has 190 valence electrons. The third kappa shape index (κ3) is 4.83. The minimum atomic E-state index is -0.176. The molecule has 1 saturated heterocycles. The number of amides is 1. The predicted molar refractivity (Wildman–Crippen MR) is 145 cm³/mol. The number of hydrogen-bond acceptors (Lipinski definition) is 6. The molecule has 2 aliphatic rings. The lowest BCUT2D eigenvalue weighted by Crippen LogP contribution is -2.40. The maximum atomic E-state index is 13.1. The highest BCUT2D eigenvalue weighted by molar-refractivity contribution is 6.00. The number of para-hydroxylation sites is 1. The van der Waals surface area contributed by atoms with Crippen molar-refractivity contribution < 1.29 is 9.53 Å². The number of allylic oxidation sites excluding steroid dienone is 1. The molecule has 6 rings (SSSR count). The number of aromatic amines is 1. The van der Waals surface area contributed by atoms with Crippen LogP contribution in [0, 0.1) is 17.2 Å². The van der Waals surface area contributed by atoms with E-state index in [0.717, 1.165) is 65.0 Å². The first-order valence-corrected chi connectivity index (χ1v) is 13.0. The average Bonchev–Trinajstić information content (AvgIpc) is 3.71. The maximum absolute atomic E-state index is 13.1. The van der Waals surface area contributed by atoms with Crippen LogP contribution in [-0.2, 0) is 4.79 Å². The summed E-state index contributed by atoms with van der Waals surface area (Å²) < 4.78 is 5.95. The molecule has 3 heterocycles. The number of nitrogen functional groups attached to an aromatic ring is 1. The second-order valence-electron chi connectivity index (χ2n) is 9.99. The van der Waals surface area contributed by atoms with E-state index in [0.29, 0.717) is 24.8 Å². The Labute approximate surface area is 220 Å². The topological polar surface area (TPSA) is 121 Å². The van der Waals surface area contributed by atoms with Crippen LogP contribution in [0.2, 0.25) is 0 Å². The van der Waals surface area contributed by atoms with E-state index in [1.165, 1.54) is 0 Å². The van der Waals surface area contributed by atoms with Gasteiger partial charge in [0.2, 0.25) is 0 Å². The van der Waals surface area contributed by atoms with Gasteiger partial charge in [0.25, 0.3) is 5.91 Å². The highest BCUT2D eigenvalue weighted by Crippen LogP contribution is 2.36. The van der Waals surface area contributed by atoms with Crippen LogP contribution in [0.15, 0.2) is 72.3 Å². The van der Waals surface area contributed by atoms with Gasteiger partial charge in [0.1, 0.15) is 23.1 Å². The van der Waals surface area contributed by atoms with Crippen molar-refractivity contribution in [2.45, 2.75) is 31.6 Å². The molecule has 38 heavy (non-hydrogen) atoms. The molecule has 0 spiro atoms. The molecule has 2 aromatic heterocycles. The van der Waals surface area contributed by atoms with E-state index in [1.807, 2.05) is 66.7 Å². The number of carbonyl (C=O) groups excluding carboxylic acids is 1. The molecule has 1 saturated carbocycles. The van der Waals surface area contributed by atoms with E-state index in [4.69, 9.17) is 15.5 Å². The van der Waals surface area contributed by atoms with Crippen LogP contribution in [0.4, 0.5) is 5.82 Å². The van der Waals surface area contributed by atoms with E-state index < -0.39 is 0 Å². The molecule has 1 atom stereocenters. The number of hydrogen-bond donors (Lipinski definition) is 2. The normalized spacial score (nSPS) is 17.8. The monoisotopic (exact) mass is 504 g/mol. The Morgan fingerprint density at radius 1 is 1.11 bits per heavy atom. The van der Waals surface area contributed by atoms with E-state index in [9.17, 15) is 10.1 Å². The first-order chi connectivity index (χ1) is 18.6. The number of carbonyl (C=O) groups is 1. The van der Waals surface area contributed by atoms with Crippen LogP contribution in [-0.4, -0.2) is 39.1 Å². The highest BCUT2D eigenvalue weighted by atomic mass is 16.5. The van der Waals surface area contributed by atoms with E-state index in [1.54, 1.807) is 4.90 Å². The molecule has 1 amide bonds. The molecule has 1 aliphatic heterocycles. The number of likely N-dealkylation sites (tertiary alicyclic amines) is 1. The number of pyridine rings is 1. The summed E-state index contributed by atoms with van der Waals surface area (Å²) in [5.74, 6) is 2.12. The molecule has 4 aromatic rings. The number of fused-ring (bicyclic) bond motifs is 1. The van der Waals surface area contributed by atoms with Crippen LogP contribution in [0.25, 0.3) is 22.2 Å². The highest BCUT2D eigenvalue weighted by Gasteiger charge is 2.30. The van der Waals surface area contributed by atoms with Crippen molar-refractivity contribution in [1.82, 2.24) is 20.1 Å². The van der Waals surface area contributed by atoms with Crippen molar-refractivity contribution in [3.8, 4) is 28.8 Å². The summed E-state index contributed by atoms with van der Waals surface area (Å²) in [5.41, 5.74) is 9.82. The van der Waals surface area contributed by atoms with Crippen molar-refractivity contribution in [1.29, 1.82) is 5.26 Å². The van der Waals surface area contributed by atoms with Crippen LogP contribution >= 0.6 is 0 Å². The van der Waals surface area contributed by atoms with Crippen molar-refractivity contribution in [2.24, 2.45) is 5.92 Å². The fraction of sp³-hybridized carbons (Fsp3) is 0.267. The zero-order chi connectivity index (χ0) is 26.1. The maximum Gasteiger partial charge on any atom is 0.264 e. The van der Waals surface area contributed by atoms with Crippen LogP contribution in [0.5, 0.6) is 11.5 Å². The largest absolute Gasteiger partial charge is 0.457 e. The average molecular weight is 505 g/mol. The summed E-state index contributed by atoms with van der Waals surface area (Å²) in [4.78, 5) is 20.0. The van der Waals surface area contributed by atoms with E-state index in [2.05, 4.69) is 16.3 Å². The first-order valence-electron chi connectivity index (χ1n) is 13.0. The Bertz CT molecular complexity index is 1550. The number of benzene rings is 2. The molecule has 0 bridgehead atoms. The number of nitriles is 1. The summed E-state index contributed by atoms with van der Waals surface area (Å²) in [6.07, 6.45) is 5.71. The fourth-order valence-electron chi connectivity index (χ4n) is 5.04. The lowest BCUT2D eigenvalue weighted by molar-refractivity contribution is -0.127. The Morgan fingerprint density at radius 2 is 1.87 bits per heavy atom. The molecule has 2 aromatic carbocycles. The summed E-state index contributed by atoms with van der Waals surface area (Å²) >= 11 is 0. The lowest BCUT2D eigenvalue weighted by Gasteiger charge is -2.32. The second-order valence-corrected chi connectivity index (χ2v) is 9.99. The van der Waals surface area contributed by atoms with Gasteiger partial charge in [0.15, 0.2) is 5.82 Å². The summed E-state index contributed by atoms with van der Waals surface area (Å²) in [7, 11) is 0. The number of nitrogens with two attached hydrogens (primary N) is 1. The van der Waals surface area contributed by atoms with E-state index in [-0.39, 0.29) is 17.4 Å². The number of H-pyrrole nitrogens is 1. The van der Waals surface area contributed by atoms with Gasteiger partial charge in [0.05, 0.1) is 16.6 Å². The van der Waals surface area contributed by atoms with Gasteiger partial charge in [-0.05, 0) is 74.1 Å². The number of rotatable bonds is 6. The Kier molecular flexibility index (Phi) is 6.26. The Hall–Kier alpha value is -4.64. The minimum Gasteiger partial charge on any atom is -0.457 e. The molecule has 8 heteroatoms. The third-order valence-corrected chi connectivity index (χ3v) is 7.20. The number of anilines is 1. The SMILES string of the molecule is N#C/C(=C\C1CC1)C(=O)N1CCCC(c2cc3[nH]nc(N)c3c(-c3ccc(Oc4ccccc4)cc3)n2)C1. The van der Waals surface area contributed by atoms with Gasteiger partial charge in [0, 0.05) is 30.3 Å². The predicted octanol–water partition coefficient (Wildman–Crippen LogP) is 5.57. The number of nitrogens with one attached hydrogen (secondary N) is 1. The van der Waals surface area contributed by atoms with Crippen LogP contribution < -0.4 is 10.5 Å². The molecule has 1 unspecified atom stereocenters. The van der Waals surface area contributed by atoms with Gasteiger partial charge >= 0.3 is 0 Å². The quantitative estimate of drug-likeness (QED) is 0.262. The van der Waals surface area contributed by atoms with Crippen molar-refractivity contribution in [3.05, 3.63) is 78.0 Å². The van der Waals surface area contributed by atoms with Gasteiger partial charge in [-0.25, -0.2) is 0 Å². The van der Waals surface area contributed by atoms with Crippen molar-refractivity contribution in [3.63, 3.8) is 0 Å². The fourth-order valence-corrected chi connectivity index (χ4v) is 5.04. The van der Waals surface area contributed by atoms with Gasteiger partial charge < -0.3 is 15.4 Å². The molecular weight excluding hydrogens is 476 g/mol. The van der Waals surface area contributed by atoms with Crippen LogP contribution in [0.3, 0.4) is 0 Å². The summed E-state index contributed by atoms with van der Waals surface area (Å²) in [6, 6.07) is 21.5. The number of ether oxygens (including phenoxy) is 1. The lowest BCUT2D eigenvalue weighted by atomic mass is 9.92. The molecule has 2 fully saturated rings. The third-order valence-electron chi connectivity index (χ3n) is 7.20. The molecule has 0 radical (unpaired) electrons. The number of nitrogens with zero attached hydrogens (tertiary/aromatic N) is 4. The Morgan fingerprint density at radius 3 is 2.61 bits per heavy atom. The van der Waals surface area contributed by atoms with Gasteiger partial charge in [-0.3, -0.25) is 14.9 Å². The second kappa shape index (κ2) is 10.0. The minimum absolute atomic E-state index is 0.0435. The Balaban J connectivity index is 1.29. The van der Waals surface area contributed by atoms with E-state index >= 15 is 0 Å². The molecule has 3 N–H and O–H groups in total. The van der Waals surface area contributed by atoms with Gasteiger partial charge in [-0.2, -0.15) is 10.4 Å².